The van der Waals surface area contributed by atoms with E-state index in [-0.39, 0.29) is 23.1 Å². The first-order chi connectivity index (χ1) is 12.5. The normalized spacial score (nSPS) is 10.2. The van der Waals surface area contributed by atoms with Gasteiger partial charge in [0.15, 0.2) is 11.5 Å². The fourth-order valence-corrected chi connectivity index (χ4v) is 2.25. The van der Waals surface area contributed by atoms with Gasteiger partial charge in [-0.3, -0.25) is 14.6 Å². The Labute approximate surface area is 155 Å². The molecule has 0 atom stereocenters. The molecule has 0 unspecified atom stereocenters. The largest absolute Gasteiger partial charge is 0.382 e. The summed E-state index contributed by atoms with van der Waals surface area (Å²) in [6.07, 6.45) is 4.76. The topological polar surface area (TPSA) is 123 Å². The van der Waals surface area contributed by atoms with Crippen molar-refractivity contribution in [3.05, 3.63) is 60.7 Å². The highest BCUT2D eigenvalue weighted by Gasteiger charge is 2.15. The summed E-state index contributed by atoms with van der Waals surface area (Å²) >= 11 is 0. The summed E-state index contributed by atoms with van der Waals surface area (Å²) in [5.41, 5.74) is 8.23. The quantitative estimate of drug-likeness (QED) is 0.659. The minimum Gasteiger partial charge on any atom is -0.382 e. The Hall–Kier alpha value is -3.81. The number of anilines is 3. The Bertz CT molecular complexity index is 959. The van der Waals surface area contributed by atoms with Gasteiger partial charge in [0, 0.05) is 42.0 Å². The molecule has 0 bridgehead atoms. The van der Waals surface area contributed by atoms with Crippen LogP contribution in [0.25, 0.3) is 11.3 Å². The molecule has 0 radical (unpaired) electrons. The van der Waals surface area contributed by atoms with Crippen molar-refractivity contribution >= 4 is 29.0 Å². The Morgan fingerprint density at radius 1 is 1.04 bits per heavy atom. The van der Waals surface area contributed by atoms with Gasteiger partial charge in [0.05, 0.1) is 11.9 Å². The van der Waals surface area contributed by atoms with Crippen LogP contribution in [0.5, 0.6) is 0 Å². The summed E-state index contributed by atoms with van der Waals surface area (Å²) in [7, 11) is 0. The van der Waals surface area contributed by atoms with Crippen LogP contribution in [0, 0.1) is 0 Å². The van der Waals surface area contributed by atoms with Crippen molar-refractivity contribution in [3.63, 3.8) is 0 Å². The third-order valence-corrected chi connectivity index (χ3v) is 3.44. The van der Waals surface area contributed by atoms with Crippen LogP contribution in [0.15, 0.2) is 55.0 Å². The second-order valence-electron chi connectivity index (χ2n) is 5.44. The Balaban J connectivity index is 0. The van der Waals surface area contributed by atoms with Crippen LogP contribution in [-0.2, 0) is 4.79 Å². The van der Waals surface area contributed by atoms with E-state index >= 15 is 0 Å². The van der Waals surface area contributed by atoms with Crippen molar-refractivity contribution in [1.29, 1.82) is 0 Å². The van der Waals surface area contributed by atoms with Crippen molar-refractivity contribution in [2.75, 3.05) is 16.4 Å². The Kier molecular flexibility index (Phi) is 4.84. The second kappa shape index (κ2) is 7.39. The highest BCUT2D eigenvalue weighted by atomic mass is 16.2. The van der Waals surface area contributed by atoms with Gasteiger partial charge in [0.25, 0.3) is 5.91 Å². The van der Waals surface area contributed by atoms with E-state index in [1.54, 1.807) is 42.7 Å². The number of hydrogen-bond acceptors (Lipinski definition) is 6. The van der Waals surface area contributed by atoms with Gasteiger partial charge in [-0.05, 0) is 36.4 Å². The van der Waals surface area contributed by atoms with Gasteiger partial charge in [0.1, 0.15) is 0 Å². The van der Waals surface area contributed by atoms with E-state index < -0.39 is 5.91 Å². The molecule has 138 valence electrons. The standard InChI is InChI=1S/C18H16N6O2.4H2/c1-11(25)22-13-4-6-14(7-5-13)23-18(26)16-17(19)21-10-15(24-16)12-3-2-8-20-9-12;;;;/h2-10H,1H3,(H2,19,21)(H,22,25)(H,23,26);4*1H. The lowest BCUT2D eigenvalue weighted by atomic mass is 10.2. The van der Waals surface area contributed by atoms with Crippen LogP contribution in [0.3, 0.4) is 0 Å². The number of nitrogens with zero attached hydrogens (tertiary/aromatic N) is 3. The number of nitrogens with two attached hydrogens (primary N) is 1. The highest BCUT2D eigenvalue weighted by molar-refractivity contribution is 6.06. The summed E-state index contributed by atoms with van der Waals surface area (Å²) in [6, 6.07) is 10.3. The molecule has 0 aliphatic heterocycles. The summed E-state index contributed by atoms with van der Waals surface area (Å²) in [5, 5.41) is 5.36. The number of amides is 2. The molecule has 3 aromatic rings. The van der Waals surface area contributed by atoms with Crippen LogP contribution < -0.4 is 16.4 Å². The van der Waals surface area contributed by atoms with Crippen molar-refractivity contribution < 1.29 is 15.3 Å². The second-order valence-corrected chi connectivity index (χ2v) is 5.44. The van der Waals surface area contributed by atoms with E-state index in [2.05, 4.69) is 25.6 Å². The summed E-state index contributed by atoms with van der Waals surface area (Å²) in [4.78, 5) is 35.9. The molecule has 0 aliphatic carbocycles. The van der Waals surface area contributed by atoms with Crippen LogP contribution in [-0.4, -0.2) is 26.8 Å². The van der Waals surface area contributed by atoms with Crippen molar-refractivity contribution in [2.45, 2.75) is 6.92 Å². The number of carbonyl (C=O) groups excluding carboxylic acids is 2. The molecule has 0 spiro atoms. The number of pyridine rings is 1. The molecule has 0 saturated heterocycles. The third-order valence-electron chi connectivity index (χ3n) is 3.44. The number of carbonyl (C=O) groups is 2. The van der Waals surface area contributed by atoms with E-state index in [9.17, 15) is 9.59 Å². The Morgan fingerprint density at radius 3 is 2.35 bits per heavy atom. The molecule has 26 heavy (non-hydrogen) atoms. The van der Waals surface area contributed by atoms with Gasteiger partial charge in [-0.1, -0.05) is 0 Å². The lowest BCUT2D eigenvalue weighted by Gasteiger charge is -2.09. The lowest BCUT2D eigenvalue weighted by molar-refractivity contribution is -0.114. The number of hydrogen-bond donors (Lipinski definition) is 3. The van der Waals surface area contributed by atoms with E-state index in [0.29, 0.717) is 17.1 Å². The molecule has 8 heteroatoms. The van der Waals surface area contributed by atoms with Crippen molar-refractivity contribution in [1.82, 2.24) is 15.0 Å². The maximum absolute atomic E-state index is 12.5. The molecule has 2 heterocycles. The number of aromatic nitrogens is 3. The smallest absolute Gasteiger partial charge is 0.278 e. The average molecular weight is 356 g/mol. The van der Waals surface area contributed by atoms with E-state index in [1.807, 2.05) is 6.07 Å². The Morgan fingerprint density at radius 2 is 1.73 bits per heavy atom. The number of rotatable bonds is 4. The van der Waals surface area contributed by atoms with Gasteiger partial charge >= 0.3 is 0 Å². The fourth-order valence-electron chi connectivity index (χ4n) is 2.25. The predicted octanol–water partition coefficient (Wildman–Crippen LogP) is 3.32. The average Bonchev–Trinajstić information content (AvgIpc) is 2.64. The molecule has 0 fully saturated rings. The van der Waals surface area contributed by atoms with Gasteiger partial charge < -0.3 is 16.4 Å². The predicted molar refractivity (Wildman–Crippen MR) is 107 cm³/mol. The zero-order valence-corrected chi connectivity index (χ0v) is 13.9. The van der Waals surface area contributed by atoms with Gasteiger partial charge in [0.2, 0.25) is 5.91 Å². The summed E-state index contributed by atoms with van der Waals surface area (Å²) in [6.45, 7) is 1.42. The summed E-state index contributed by atoms with van der Waals surface area (Å²) in [5.74, 6) is -0.616. The van der Waals surface area contributed by atoms with E-state index in [0.717, 1.165) is 5.56 Å². The zero-order chi connectivity index (χ0) is 18.5. The lowest BCUT2D eigenvalue weighted by Crippen LogP contribution is -2.17. The van der Waals surface area contributed by atoms with Gasteiger partial charge in [-0.2, -0.15) is 0 Å². The van der Waals surface area contributed by atoms with Crippen LogP contribution in [0.1, 0.15) is 23.1 Å². The first-order valence-electron chi connectivity index (χ1n) is 7.75. The molecule has 4 N–H and O–H groups in total. The van der Waals surface area contributed by atoms with E-state index in [4.69, 9.17) is 5.73 Å². The fraction of sp³-hybridized carbons (Fsp3) is 0.0556. The maximum atomic E-state index is 12.5. The summed E-state index contributed by atoms with van der Waals surface area (Å²) < 4.78 is 0. The molecular formula is C18H24N6O2. The van der Waals surface area contributed by atoms with Crippen molar-refractivity contribution in [3.8, 4) is 11.3 Å². The highest BCUT2D eigenvalue weighted by Crippen LogP contribution is 2.19. The van der Waals surface area contributed by atoms with E-state index in [1.165, 1.54) is 13.1 Å². The number of nitrogens with one attached hydrogen (secondary N) is 2. The monoisotopic (exact) mass is 356 g/mol. The molecule has 0 aliphatic rings. The SMILES string of the molecule is CC(=O)Nc1ccc(NC(=O)c2nc(-c3cccnc3)cnc2N)cc1.[HH].[HH].[HH].[HH]. The molecular weight excluding hydrogens is 332 g/mol. The van der Waals surface area contributed by atoms with Crippen LogP contribution >= 0.6 is 0 Å². The first-order valence-corrected chi connectivity index (χ1v) is 7.75. The van der Waals surface area contributed by atoms with Crippen LogP contribution in [0.4, 0.5) is 17.2 Å². The molecule has 8 nitrogen and oxygen atoms in total. The van der Waals surface area contributed by atoms with Gasteiger partial charge in [-0.15, -0.1) is 0 Å². The zero-order valence-electron chi connectivity index (χ0n) is 13.9. The molecule has 1 aromatic carbocycles. The minimum absolute atomic E-state index is 0. The molecule has 2 amide bonds. The number of benzene rings is 1. The third kappa shape index (κ3) is 3.99. The molecule has 0 saturated carbocycles. The number of nitrogen functional groups attached to an aromatic ring is 1. The van der Waals surface area contributed by atoms with Crippen molar-refractivity contribution in [2.24, 2.45) is 0 Å². The molecule has 2 aromatic heterocycles. The minimum atomic E-state index is -0.479. The maximum Gasteiger partial charge on any atom is 0.278 e. The molecule has 3 rings (SSSR count). The van der Waals surface area contributed by atoms with Gasteiger partial charge in [-0.25, -0.2) is 9.97 Å². The van der Waals surface area contributed by atoms with Crippen LogP contribution in [0.2, 0.25) is 0 Å². The first kappa shape index (κ1) is 17.0.